The number of hydrogen-bond donors (Lipinski definition) is 1. The van der Waals surface area contributed by atoms with E-state index in [0.29, 0.717) is 11.7 Å². The SMILES string of the molecule is CC(C)CS(=O)C(C)C(C)C(=O)O. The Labute approximate surface area is 82.0 Å². The van der Waals surface area contributed by atoms with E-state index in [4.69, 9.17) is 5.11 Å². The van der Waals surface area contributed by atoms with Crippen LogP contribution in [0.4, 0.5) is 0 Å². The van der Waals surface area contributed by atoms with Gasteiger partial charge in [0.2, 0.25) is 0 Å². The van der Waals surface area contributed by atoms with E-state index in [0.717, 1.165) is 0 Å². The van der Waals surface area contributed by atoms with Crippen molar-refractivity contribution < 1.29 is 14.1 Å². The largest absolute Gasteiger partial charge is 0.481 e. The lowest BCUT2D eigenvalue weighted by molar-refractivity contribution is -0.141. The molecule has 0 bridgehead atoms. The molecule has 0 fully saturated rings. The molecule has 0 aliphatic rings. The Morgan fingerprint density at radius 2 is 1.77 bits per heavy atom. The first kappa shape index (κ1) is 12.6. The van der Waals surface area contributed by atoms with Crippen molar-refractivity contribution in [2.24, 2.45) is 11.8 Å². The van der Waals surface area contributed by atoms with E-state index in [1.165, 1.54) is 0 Å². The molecule has 4 heteroatoms. The molecule has 0 aromatic carbocycles. The van der Waals surface area contributed by atoms with Crippen molar-refractivity contribution in [1.29, 1.82) is 0 Å². The third-order valence-corrected chi connectivity index (χ3v) is 4.24. The second kappa shape index (κ2) is 5.37. The van der Waals surface area contributed by atoms with Crippen molar-refractivity contribution in [3.05, 3.63) is 0 Å². The number of rotatable bonds is 5. The standard InChI is InChI=1S/C9H18O3S/c1-6(2)5-13(12)8(4)7(3)9(10)11/h6-8H,5H2,1-4H3,(H,10,11). The van der Waals surface area contributed by atoms with E-state index >= 15 is 0 Å². The minimum atomic E-state index is -1.03. The molecular formula is C9H18O3S. The highest BCUT2D eigenvalue weighted by molar-refractivity contribution is 7.85. The molecule has 0 aromatic rings. The highest BCUT2D eigenvalue weighted by atomic mass is 32.2. The van der Waals surface area contributed by atoms with Crippen LogP contribution in [0, 0.1) is 11.8 Å². The van der Waals surface area contributed by atoms with Gasteiger partial charge in [0.25, 0.3) is 0 Å². The van der Waals surface area contributed by atoms with E-state index in [1.54, 1.807) is 13.8 Å². The highest BCUT2D eigenvalue weighted by Crippen LogP contribution is 2.12. The summed E-state index contributed by atoms with van der Waals surface area (Å²) in [4.78, 5) is 10.6. The smallest absolute Gasteiger partial charge is 0.307 e. The van der Waals surface area contributed by atoms with E-state index in [-0.39, 0.29) is 5.25 Å². The molecule has 0 rings (SSSR count). The minimum Gasteiger partial charge on any atom is -0.481 e. The predicted molar refractivity (Wildman–Crippen MR) is 54.1 cm³/mol. The van der Waals surface area contributed by atoms with Crippen LogP contribution in [0.25, 0.3) is 0 Å². The van der Waals surface area contributed by atoms with Crippen LogP contribution in [-0.2, 0) is 15.6 Å². The summed E-state index contributed by atoms with van der Waals surface area (Å²) < 4.78 is 11.5. The lowest BCUT2D eigenvalue weighted by Gasteiger charge is -2.16. The molecule has 0 aliphatic heterocycles. The third kappa shape index (κ3) is 4.41. The number of aliphatic carboxylic acids is 1. The molecule has 0 saturated heterocycles. The van der Waals surface area contributed by atoms with Gasteiger partial charge in [-0.3, -0.25) is 9.00 Å². The molecule has 0 spiro atoms. The van der Waals surface area contributed by atoms with Gasteiger partial charge >= 0.3 is 5.97 Å². The Morgan fingerprint density at radius 3 is 2.08 bits per heavy atom. The van der Waals surface area contributed by atoms with Crippen LogP contribution in [0.15, 0.2) is 0 Å². The number of carbonyl (C=O) groups is 1. The summed E-state index contributed by atoms with van der Waals surface area (Å²) in [5.41, 5.74) is 0. The first-order chi connectivity index (χ1) is 5.86. The fourth-order valence-corrected chi connectivity index (χ4v) is 2.44. The Kier molecular flexibility index (Phi) is 5.21. The van der Waals surface area contributed by atoms with Gasteiger partial charge in [-0.2, -0.15) is 0 Å². The first-order valence-corrected chi connectivity index (χ1v) is 5.84. The van der Waals surface area contributed by atoms with Crippen molar-refractivity contribution in [3.8, 4) is 0 Å². The van der Waals surface area contributed by atoms with E-state index in [1.807, 2.05) is 13.8 Å². The summed E-state index contributed by atoms with van der Waals surface area (Å²) in [5.74, 6) is -0.466. The summed E-state index contributed by atoms with van der Waals surface area (Å²) in [6.45, 7) is 7.30. The van der Waals surface area contributed by atoms with Gasteiger partial charge < -0.3 is 5.11 Å². The molecule has 0 heterocycles. The molecule has 3 unspecified atom stereocenters. The normalized spacial score (nSPS) is 18.2. The predicted octanol–water partition coefficient (Wildman–Crippen LogP) is 1.50. The monoisotopic (exact) mass is 206 g/mol. The molecule has 13 heavy (non-hydrogen) atoms. The summed E-state index contributed by atoms with van der Waals surface area (Å²) in [5, 5.41) is 8.44. The molecular weight excluding hydrogens is 188 g/mol. The second-order valence-electron chi connectivity index (χ2n) is 3.77. The Hall–Kier alpha value is -0.380. The Morgan fingerprint density at radius 1 is 1.31 bits per heavy atom. The van der Waals surface area contributed by atoms with Gasteiger partial charge in [0.15, 0.2) is 0 Å². The van der Waals surface area contributed by atoms with Gasteiger partial charge in [-0.25, -0.2) is 0 Å². The molecule has 3 nitrogen and oxygen atoms in total. The lowest BCUT2D eigenvalue weighted by atomic mass is 10.1. The molecule has 0 saturated carbocycles. The molecule has 3 atom stereocenters. The first-order valence-electron chi connectivity index (χ1n) is 4.46. The van der Waals surface area contributed by atoms with Gasteiger partial charge in [-0.15, -0.1) is 0 Å². The number of carboxylic acid groups (broad SMARTS) is 1. The van der Waals surface area contributed by atoms with Crippen molar-refractivity contribution in [3.63, 3.8) is 0 Å². The van der Waals surface area contributed by atoms with Gasteiger partial charge in [-0.1, -0.05) is 20.8 Å². The van der Waals surface area contributed by atoms with Gasteiger partial charge in [0.1, 0.15) is 0 Å². The molecule has 0 aliphatic carbocycles. The average Bonchev–Trinajstić information content (AvgIpc) is 2.00. The van der Waals surface area contributed by atoms with E-state index < -0.39 is 22.7 Å². The number of carboxylic acids is 1. The average molecular weight is 206 g/mol. The maximum absolute atomic E-state index is 11.5. The van der Waals surface area contributed by atoms with Crippen LogP contribution in [0.3, 0.4) is 0 Å². The van der Waals surface area contributed by atoms with E-state index in [9.17, 15) is 9.00 Å². The molecule has 1 N–H and O–H groups in total. The minimum absolute atomic E-state index is 0.264. The fraction of sp³-hybridized carbons (Fsp3) is 0.889. The Balaban J connectivity index is 4.17. The van der Waals surface area contributed by atoms with Crippen LogP contribution < -0.4 is 0 Å². The van der Waals surface area contributed by atoms with Crippen LogP contribution in [0.5, 0.6) is 0 Å². The van der Waals surface area contributed by atoms with Crippen LogP contribution in [-0.4, -0.2) is 26.3 Å². The maximum atomic E-state index is 11.5. The highest BCUT2D eigenvalue weighted by Gasteiger charge is 2.24. The summed E-state index contributed by atoms with van der Waals surface area (Å²) in [6.07, 6.45) is 0. The zero-order valence-electron chi connectivity index (χ0n) is 8.61. The van der Waals surface area contributed by atoms with Crippen molar-refractivity contribution in [2.75, 3.05) is 5.75 Å². The zero-order chi connectivity index (χ0) is 10.6. The third-order valence-electron chi connectivity index (χ3n) is 2.01. The van der Waals surface area contributed by atoms with Crippen molar-refractivity contribution in [2.45, 2.75) is 32.9 Å². The van der Waals surface area contributed by atoms with Crippen LogP contribution in [0.1, 0.15) is 27.7 Å². The van der Waals surface area contributed by atoms with Crippen LogP contribution >= 0.6 is 0 Å². The lowest BCUT2D eigenvalue weighted by Crippen LogP contribution is -2.29. The maximum Gasteiger partial charge on any atom is 0.307 e. The zero-order valence-corrected chi connectivity index (χ0v) is 9.43. The molecule has 0 aromatic heterocycles. The quantitative estimate of drug-likeness (QED) is 0.741. The molecule has 0 radical (unpaired) electrons. The van der Waals surface area contributed by atoms with Gasteiger partial charge in [-0.05, 0) is 12.8 Å². The summed E-state index contributed by atoms with van der Waals surface area (Å²) in [7, 11) is -1.03. The van der Waals surface area contributed by atoms with E-state index in [2.05, 4.69) is 0 Å². The van der Waals surface area contributed by atoms with Crippen molar-refractivity contribution >= 4 is 16.8 Å². The second-order valence-corrected chi connectivity index (χ2v) is 5.61. The summed E-state index contributed by atoms with van der Waals surface area (Å²) >= 11 is 0. The van der Waals surface area contributed by atoms with Crippen molar-refractivity contribution in [1.82, 2.24) is 0 Å². The number of hydrogen-bond acceptors (Lipinski definition) is 2. The topological polar surface area (TPSA) is 54.4 Å². The summed E-state index contributed by atoms with van der Waals surface area (Å²) in [6, 6.07) is 0. The molecule has 0 amide bonds. The molecule has 78 valence electrons. The fourth-order valence-electron chi connectivity index (χ4n) is 0.909. The van der Waals surface area contributed by atoms with Gasteiger partial charge in [0.05, 0.1) is 5.92 Å². The van der Waals surface area contributed by atoms with Gasteiger partial charge in [0, 0.05) is 21.8 Å². The van der Waals surface area contributed by atoms with Crippen LogP contribution in [0.2, 0.25) is 0 Å². The Bertz CT molecular complexity index is 201.